The fourth-order valence-corrected chi connectivity index (χ4v) is 3.58. The van der Waals surface area contributed by atoms with E-state index in [1.54, 1.807) is 53.2 Å². The number of nitrogens with zero attached hydrogens (tertiary/aromatic N) is 4. The molecule has 0 fully saturated rings. The molecular weight excluding hydrogens is 470 g/mol. The maximum Gasteiger partial charge on any atom is 0.323 e. The first-order chi connectivity index (χ1) is 16.8. The van der Waals surface area contributed by atoms with Crippen LogP contribution in [0.4, 0.5) is 22.0 Å². The Morgan fingerprint density at radius 3 is 2.51 bits per heavy atom. The maximum absolute atomic E-state index is 12.5. The molecule has 0 atom stereocenters. The van der Waals surface area contributed by atoms with Crippen LogP contribution in [-0.4, -0.2) is 52.7 Å². The number of amides is 2. The van der Waals surface area contributed by atoms with Gasteiger partial charge in [-0.1, -0.05) is 11.6 Å². The second-order valence-corrected chi connectivity index (χ2v) is 8.34. The number of urea groups is 1. The molecule has 0 saturated carbocycles. The Kier molecular flexibility index (Phi) is 7.14. The highest BCUT2D eigenvalue weighted by Crippen LogP contribution is 2.28. The summed E-state index contributed by atoms with van der Waals surface area (Å²) in [6, 6.07) is 13.1. The SMILES string of the molecule is CN(C)CCOc1ccc(NC(=O)Nc2ccc(-n3ccc(=O)c4c(N)ncnc43)cc2)cc1Cl. The molecular formula is C24H24ClN7O3. The second-order valence-electron chi connectivity index (χ2n) is 7.93. The van der Waals surface area contributed by atoms with E-state index in [0.717, 1.165) is 12.2 Å². The average molecular weight is 494 g/mol. The van der Waals surface area contributed by atoms with Gasteiger partial charge in [-0.05, 0) is 56.6 Å². The monoisotopic (exact) mass is 493 g/mol. The molecule has 2 aromatic heterocycles. The molecule has 2 heterocycles. The number of nitrogens with one attached hydrogen (secondary N) is 2. The minimum absolute atomic E-state index is 0.123. The van der Waals surface area contributed by atoms with Crippen molar-refractivity contribution in [3.63, 3.8) is 0 Å². The molecule has 4 N–H and O–H groups in total. The number of hydrogen-bond acceptors (Lipinski definition) is 7. The van der Waals surface area contributed by atoms with Gasteiger partial charge in [0.2, 0.25) is 0 Å². The molecule has 0 aliphatic carbocycles. The molecule has 0 aliphatic rings. The molecule has 2 amide bonds. The van der Waals surface area contributed by atoms with E-state index in [9.17, 15) is 9.59 Å². The summed E-state index contributed by atoms with van der Waals surface area (Å²) in [4.78, 5) is 34.7. The van der Waals surface area contributed by atoms with Crippen molar-refractivity contribution in [1.29, 1.82) is 0 Å². The van der Waals surface area contributed by atoms with Crippen LogP contribution >= 0.6 is 11.6 Å². The molecule has 2 aromatic carbocycles. The summed E-state index contributed by atoms with van der Waals surface area (Å²) < 4.78 is 7.38. The Hall–Kier alpha value is -4.15. The van der Waals surface area contributed by atoms with Crippen molar-refractivity contribution < 1.29 is 9.53 Å². The van der Waals surface area contributed by atoms with Gasteiger partial charge in [0, 0.05) is 35.9 Å². The van der Waals surface area contributed by atoms with Crippen LogP contribution in [-0.2, 0) is 0 Å². The van der Waals surface area contributed by atoms with Gasteiger partial charge in [-0.25, -0.2) is 14.8 Å². The van der Waals surface area contributed by atoms with Gasteiger partial charge < -0.3 is 30.6 Å². The van der Waals surface area contributed by atoms with Gasteiger partial charge in [-0.3, -0.25) is 4.79 Å². The lowest BCUT2D eigenvalue weighted by Crippen LogP contribution is -2.20. The number of fused-ring (bicyclic) bond motifs is 1. The molecule has 10 nitrogen and oxygen atoms in total. The van der Waals surface area contributed by atoms with Crippen molar-refractivity contribution in [1.82, 2.24) is 19.4 Å². The second kappa shape index (κ2) is 10.4. The fourth-order valence-electron chi connectivity index (χ4n) is 3.35. The summed E-state index contributed by atoms with van der Waals surface area (Å²) in [6.07, 6.45) is 2.92. The van der Waals surface area contributed by atoms with Crippen molar-refractivity contribution in [2.45, 2.75) is 0 Å². The van der Waals surface area contributed by atoms with E-state index >= 15 is 0 Å². The molecule has 11 heteroatoms. The average Bonchev–Trinajstić information content (AvgIpc) is 2.81. The Balaban J connectivity index is 1.42. The first-order valence-corrected chi connectivity index (χ1v) is 11.1. The van der Waals surface area contributed by atoms with Gasteiger partial charge in [0.1, 0.15) is 29.9 Å². The summed E-state index contributed by atoms with van der Waals surface area (Å²) in [7, 11) is 3.92. The van der Waals surface area contributed by atoms with Crippen LogP contribution in [0.25, 0.3) is 16.7 Å². The van der Waals surface area contributed by atoms with E-state index in [1.807, 2.05) is 19.0 Å². The third kappa shape index (κ3) is 5.68. The van der Waals surface area contributed by atoms with Crippen LogP contribution < -0.4 is 26.5 Å². The van der Waals surface area contributed by atoms with Crippen molar-refractivity contribution in [3.05, 3.63) is 76.3 Å². The highest BCUT2D eigenvalue weighted by molar-refractivity contribution is 6.32. The van der Waals surface area contributed by atoms with Gasteiger partial charge in [-0.15, -0.1) is 0 Å². The number of pyridine rings is 1. The lowest BCUT2D eigenvalue weighted by atomic mass is 10.2. The number of ether oxygens (including phenoxy) is 1. The van der Waals surface area contributed by atoms with E-state index in [4.69, 9.17) is 22.1 Å². The number of nitrogen functional groups attached to an aromatic ring is 1. The van der Waals surface area contributed by atoms with E-state index < -0.39 is 6.03 Å². The number of nitrogens with two attached hydrogens (primary N) is 1. The van der Waals surface area contributed by atoms with Crippen molar-refractivity contribution in [2.24, 2.45) is 0 Å². The molecule has 0 spiro atoms. The smallest absolute Gasteiger partial charge is 0.323 e. The highest BCUT2D eigenvalue weighted by atomic mass is 35.5. The van der Waals surface area contributed by atoms with Gasteiger partial charge in [0.25, 0.3) is 0 Å². The molecule has 180 valence electrons. The van der Waals surface area contributed by atoms with Gasteiger partial charge in [-0.2, -0.15) is 0 Å². The standard InChI is InChI=1S/C24H24ClN7O3/c1-31(2)11-12-35-20-8-5-16(13-18(20)25)30-24(34)29-15-3-6-17(7-4-15)32-10-9-19(33)21-22(26)27-14-28-23(21)32/h3-10,13-14H,11-12H2,1-2H3,(H2,26,27,28)(H2,29,30,34). The van der Waals surface area contributed by atoms with Crippen molar-refractivity contribution in [2.75, 3.05) is 43.6 Å². The first kappa shape index (κ1) is 24.0. The predicted octanol–water partition coefficient (Wildman–Crippen LogP) is 3.60. The third-order valence-corrected chi connectivity index (χ3v) is 5.39. The summed E-state index contributed by atoms with van der Waals surface area (Å²) in [6.45, 7) is 1.27. The number of carbonyl (C=O) groups is 1. The van der Waals surface area contributed by atoms with Crippen LogP contribution in [0, 0.1) is 0 Å². The number of aromatic nitrogens is 3. The van der Waals surface area contributed by atoms with E-state index in [1.165, 1.54) is 12.4 Å². The number of anilines is 3. The van der Waals surface area contributed by atoms with E-state index in [-0.39, 0.29) is 16.6 Å². The first-order valence-electron chi connectivity index (χ1n) is 10.7. The molecule has 0 unspecified atom stereocenters. The lowest BCUT2D eigenvalue weighted by molar-refractivity contribution is 0.261. The van der Waals surface area contributed by atoms with Crippen LogP contribution in [0.15, 0.2) is 65.8 Å². The molecule has 0 radical (unpaired) electrons. The van der Waals surface area contributed by atoms with Crippen LogP contribution in [0.3, 0.4) is 0 Å². The Bertz CT molecular complexity index is 1420. The summed E-state index contributed by atoms with van der Waals surface area (Å²) in [5, 5.41) is 6.18. The minimum atomic E-state index is -0.426. The predicted molar refractivity (Wildman–Crippen MR) is 138 cm³/mol. The van der Waals surface area contributed by atoms with Gasteiger partial charge in [0.05, 0.1) is 5.02 Å². The summed E-state index contributed by atoms with van der Waals surface area (Å²) in [5.74, 6) is 0.676. The number of rotatable bonds is 7. The zero-order valence-corrected chi connectivity index (χ0v) is 19.9. The minimum Gasteiger partial charge on any atom is -0.491 e. The molecule has 4 aromatic rings. The largest absolute Gasteiger partial charge is 0.491 e. The number of hydrogen-bond donors (Lipinski definition) is 3. The number of likely N-dealkylation sites (N-methyl/N-ethyl adjacent to an activating group) is 1. The molecule has 35 heavy (non-hydrogen) atoms. The normalized spacial score (nSPS) is 11.0. The quantitative estimate of drug-likeness (QED) is 0.359. The molecule has 0 saturated heterocycles. The molecule has 0 bridgehead atoms. The number of halogens is 1. The van der Waals surface area contributed by atoms with Crippen LogP contribution in [0.5, 0.6) is 5.75 Å². The Morgan fingerprint density at radius 2 is 1.80 bits per heavy atom. The summed E-state index contributed by atoms with van der Waals surface area (Å²) >= 11 is 6.28. The summed E-state index contributed by atoms with van der Waals surface area (Å²) in [5.41, 5.74) is 7.84. The maximum atomic E-state index is 12.5. The Labute approximate surface area is 206 Å². The number of benzene rings is 2. The van der Waals surface area contributed by atoms with Gasteiger partial charge >= 0.3 is 6.03 Å². The van der Waals surface area contributed by atoms with Crippen molar-refractivity contribution in [3.8, 4) is 11.4 Å². The number of carbonyl (C=O) groups excluding carboxylic acids is 1. The highest BCUT2D eigenvalue weighted by Gasteiger charge is 2.11. The van der Waals surface area contributed by atoms with Crippen molar-refractivity contribution >= 4 is 45.9 Å². The zero-order chi connectivity index (χ0) is 24.9. The lowest BCUT2D eigenvalue weighted by Gasteiger charge is -2.13. The van der Waals surface area contributed by atoms with E-state index in [0.29, 0.717) is 34.4 Å². The third-order valence-electron chi connectivity index (χ3n) is 5.10. The van der Waals surface area contributed by atoms with Crippen LogP contribution in [0.1, 0.15) is 0 Å². The topological polar surface area (TPSA) is 127 Å². The zero-order valence-electron chi connectivity index (χ0n) is 19.2. The van der Waals surface area contributed by atoms with E-state index in [2.05, 4.69) is 20.6 Å². The fraction of sp³-hybridized carbons (Fsp3) is 0.167. The van der Waals surface area contributed by atoms with Crippen LogP contribution in [0.2, 0.25) is 5.02 Å². The Morgan fingerprint density at radius 1 is 1.09 bits per heavy atom. The molecule has 0 aliphatic heterocycles. The van der Waals surface area contributed by atoms with Gasteiger partial charge in [0.15, 0.2) is 11.1 Å². The molecule has 4 rings (SSSR count).